The third-order valence-corrected chi connectivity index (χ3v) is 7.09. The molecule has 0 radical (unpaired) electrons. The second kappa shape index (κ2) is 9.47. The first kappa shape index (κ1) is 24.0. The molecule has 3 rings (SSSR count). The number of likely N-dealkylation sites (N-methyl/N-ethyl adjacent to an activating group) is 2. The number of hydrogen-bond acceptors (Lipinski definition) is 5. The fourth-order valence-corrected chi connectivity index (χ4v) is 4.53. The lowest BCUT2D eigenvalue weighted by Crippen LogP contribution is -2.44. The van der Waals surface area contributed by atoms with Crippen molar-refractivity contribution in [1.29, 1.82) is 0 Å². The molecular formula is C21H25F3N4O3S. The third-order valence-electron chi connectivity index (χ3n) is 5.27. The Balaban J connectivity index is 1.76. The van der Waals surface area contributed by atoms with Crippen LogP contribution in [0.15, 0.2) is 53.4 Å². The van der Waals surface area contributed by atoms with E-state index in [2.05, 4.69) is 10.2 Å². The number of sulfonamides is 1. The highest BCUT2D eigenvalue weighted by molar-refractivity contribution is 7.89. The van der Waals surface area contributed by atoms with Crippen molar-refractivity contribution in [3.8, 4) is 0 Å². The number of amides is 1. The van der Waals surface area contributed by atoms with Crippen molar-refractivity contribution in [3.63, 3.8) is 0 Å². The number of alkyl halides is 3. The van der Waals surface area contributed by atoms with Crippen molar-refractivity contribution in [2.75, 3.05) is 57.0 Å². The lowest BCUT2D eigenvalue weighted by Gasteiger charge is -2.34. The average Bonchev–Trinajstić information content (AvgIpc) is 2.74. The molecule has 11 heteroatoms. The number of halogens is 3. The summed E-state index contributed by atoms with van der Waals surface area (Å²) in [5, 5.41) is 2.22. The number of hydrogen-bond donors (Lipinski definition) is 1. The van der Waals surface area contributed by atoms with Crippen LogP contribution in [-0.2, 0) is 21.0 Å². The zero-order valence-corrected chi connectivity index (χ0v) is 18.6. The van der Waals surface area contributed by atoms with E-state index >= 15 is 0 Å². The van der Waals surface area contributed by atoms with Gasteiger partial charge in [-0.25, -0.2) is 8.42 Å². The van der Waals surface area contributed by atoms with E-state index in [1.165, 1.54) is 31.3 Å². The van der Waals surface area contributed by atoms with Gasteiger partial charge in [-0.15, -0.1) is 0 Å². The zero-order valence-electron chi connectivity index (χ0n) is 17.8. The normalized spacial score (nSPS) is 15.8. The molecule has 1 heterocycles. The topological polar surface area (TPSA) is 73.0 Å². The Morgan fingerprint density at radius 1 is 1.06 bits per heavy atom. The van der Waals surface area contributed by atoms with Crippen molar-refractivity contribution in [3.05, 3.63) is 54.1 Å². The molecule has 1 amide bonds. The van der Waals surface area contributed by atoms with Crippen LogP contribution < -0.4 is 10.2 Å². The van der Waals surface area contributed by atoms with Gasteiger partial charge in [0.1, 0.15) is 0 Å². The van der Waals surface area contributed by atoms with Crippen molar-refractivity contribution < 1.29 is 26.4 Å². The number of carbonyl (C=O) groups excluding carboxylic acids is 1. The molecule has 0 unspecified atom stereocenters. The van der Waals surface area contributed by atoms with Crippen molar-refractivity contribution in [1.82, 2.24) is 9.21 Å². The summed E-state index contributed by atoms with van der Waals surface area (Å²) in [4.78, 5) is 16.3. The molecule has 0 atom stereocenters. The van der Waals surface area contributed by atoms with E-state index in [9.17, 15) is 26.4 Å². The van der Waals surface area contributed by atoms with E-state index in [0.29, 0.717) is 18.8 Å². The van der Waals surface area contributed by atoms with Gasteiger partial charge in [0.05, 0.1) is 22.7 Å². The van der Waals surface area contributed by atoms with Crippen LogP contribution in [-0.4, -0.2) is 70.3 Å². The Morgan fingerprint density at radius 3 is 2.28 bits per heavy atom. The summed E-state index contributed by atoms with van der Waals surface area (Å²) in [6.07, 6.45) is -4.69. The molecule has 1 aliphatic rings. The van der Waals surface area contributed by atoms with Crippen LogP contribution in [0.3, 0.4) is 0 Å². The van der Waals surface area contributed by atoms with Gasteiger partial charge in [-0.1, -0.05) is 18.2 Å². The number of carbonyl (C=O) groups is 1. The van der Waals surface area contributed by atoms with Crippen LogP contribution in [0.25, 0.3) is 0 Å². The fourth-order valence-electron chi connectivity index (χ4n) is 3.39. The van der Waals surface area contributed by atoms with Gasteiger partial charge in [-0.05, 0) is 37.4 Å². The van der Waals surface area contributed by atoms with E-state index in [1.807, 2.05) is 11.9 Å². The second-order valence-electron chi connectivity index (χ2n) is 7.64. The smallest absolute Gasteiger partial charge is 0.369 e. The van der Waals surface area contributed by atoms with Crippen molar-refractivity contribution in [2.45, 2.75) is 11.1 Å². The van der Waals surface area contributed by atoms with Gasteiger partial charge in [0.15, 0.2) is 0 Å². The SMILES string of the molecule is CN1CCN(c2ccc(NC(=O)CN(C)S(=O)(=O)c3ccccc3)c(C(F)(F)F)c2)CC1. The molecule has 1 saturated heterocycles. The fraction of sp³-hybridized carbons (Fsp3) is 0.381. The van der Waals surface area contributed by atoms with Crippen LogP contribution in [0.4, 0.5) is 24.5 Å². The van der Waals surface area contributed by atoms with E-state index in [0.717, 1.165) is 23.5 Å². The lowest BCUT2D eigenvalue weighted by atomic mass is 10.1. The number of nitrogens with zero attached hydrogens (tertiary/aromatic N) is 3. The lowest BCUT2D eigenvalue weighted by molar-refractivity contribution is -0.136. The maximum atomic E-state index is 13.7. The highest BCUT2D eigenvalue weighted by Crippen LogP contribution is 2.37. The largest absolute Gasteiger partial charge is 0.418 e. The molecule has 0 spiro atoms. The molecule has 174 valence electrons. The summed E-state index contributed by atoms with van der Waals surface area (Å²) in [6, 6.07) is 11.2. The van der Waals surface area contributed by atoms with Gasteiger partial charge in [-0.2, -0.15) is 17.5 Å². The van der Waals surface area contributed by atoms with Gasteiger partial charge in [0.25, 0.3) is 0 Å². The Morgan fingerprint density at radius 2 is 1.69 bits per heavy atom. The monoisotopic (exact) mass is 470 g/mol. The molecule has 0 bridgehead atoms. The average molecular weight is 471 g/mol. The van der Waals surface area contributed by atoms with Crippen LogP contribution in [0, 0.1) is 0 Å². The van der Waals surface area contributed by atoms with Gasteiger partial charge < -0.3 is 15.1 Å². The van der Waals surface area contributed by atoms with Crippen LogP contribution in [0.2, 0.25) is 0 Å². The predicted octanol–water partition coefficient (Wildman–Crippen LogP) is 2.72. The number of anilines is 2. The molecular weight excluding hydrogens is 445 g/mol. The van der Waals surface area contributed by atoms with E-state index < -0.39 is 39.9 Å². The minimum absolute atomic E-state index is 0.0113. The van der Waals surface area contributed by atoms with E-state index in [-0.39, 0.29) is 4.90 Å². The maximum Gasteiger partial charge on any atom is 0.418 e. The van der Waals surface area contributed by atoms with E-state index in [1.54, 1.807) is 18.2 Å². The Kier molecular flexibility index (Phi) is 7.11. The number of benzene rings is 2. The molecule has 2 aromatic carbocycles. The first-order valence-corrected chi connectivity index (χ1v) is 11.4. The van der Waals surface area contributed by atoms with Crippen LogP contribution in [0.1, 0.15) is 5.56 Å². The maximum absolute atomic E-state index is 13.7. The molecule has 0 saturated carbocycles. The minimum Gasteiger partial charge on any atom is -0.369 e. The molecule has 1 N–H and O–H groups in total. The summed E-state index contributed by atoms with van der Waals surface area (Å²) in [6.45, 7) is 2.04. The standard InChI is InChI=1S/C21H25F3N4O3S/c1-26-10-12-28(13-11-26)16-8-9-19(18(14-16)21(22,23)24)25-20(29)15-27(2)32(30,31)17-6-4-3-5-7-17/h3-9,14H,10-13,15H2,1-2H3,(H,25,29). The first-order valence-electron chi connectivity index (χ1n) is 9.94. The minimum atomic E-state index is -4.69. The van der Waals surface area contributed by atoms with Crippen LogP contribution >= 0.6 is 0 Å². The number of rotatable bonds is 6. The second-order valence-corrected chi connectivity index (χ2v) is 9.69. The number of piperazine rings is 1. The first-order chi connectivity index (χ1) is 15.0. The highest BCUT2D eigenvalue weighted by Gasteiger charge is 2.35. The van der Waals surface area contributed by atoms with Crippen LogP contribution in [0.5, 0.6) is 0 Å². The van der Waals surface area contributed by atoms with Gasteiger partial charge in [0, 0.05) is 38.9 Å². The summed E-state index contributed by atoms with van der Waals surface area (Å²) in [5.74, 6) is -0.871. The summed E-state index contributed by atoms with van der Waals surface area (Å²) >= 11 is 0. The van der Waals surface area contributed by atoms with Gasteiger partial charge >= 0.3 is 6.18 Å². The van der Waals surface area contributed by atoms with Gasteiger partial charge in [-0.3, -0.25) is 4.79 Å². The van der Waals surface area contributed by atoms with E-state index in [4.69, 9.17) is 0 Å². The zero-order chi connectivity index (χ0) is 23.5. The Hall–Kier alpha value is -2.63. The molecule has 0 aromatic heterocycles. The summed E-state index contributed by atoms with van der Waals surface area (Å²) in [5.41, 5.74) is -0.964. The predicted molar refractivity (Wildman–Crippen MR) is 116 cm³/mol. The van der Waals surface area contributed by atoms with Gasteiger partial charge in [0.2, 0.25) is 15.9 Å². The molecule has 7 nitrogen and oxygen atoms in total. The number of nitrogens with one attached hydrogen (secondary N) is 1. The Labute approximate surface area is 185 Å². The summed E-state index contributed by atoms with van der Waals surface area (Å²) in [7, 11) is -0.803. The molecule has 32 heavy (non-hydrogen) atoms. The molecule has 0 aliphatic carbocycles. The summed E-state index contributed by atoms with van der Waals surface area (Å²) < 4.78 is 67.0. The molecule has 2 aromatic rings. The molecule has 1 fully saturated rings. The Bertz CT molecular complexity index is 1050. The highest BCUT2D eigenvalue weighted by atomic mass is 32.2. The van der Waals surface area contributed by atoms with Crippen molar-refractivity contribution in [2.24, 2.45) is 0 Å². The molecule has 1 aliphatic heterocycles. The van der Waals surface area contributed by atoms with Crippen molar-refractivity contribution >= 4 is 27.3 Å². The quantitative estimate of drug-likeness (QED) is 0.703. The third kappa shape index (κ3) is 5.59.